The van der Waals surface area contributed by atoms with E-state index in [4.69, 9.17) is 11.6 Å². The molecule has 2 aromatic rings. The molecule has 2 aromatic heterocycles. The Balaban J connectivity index is 2.28. The molecule has 0 saturated heterocycles. The summed E-state index contributed by atoms with van der Waals surface area (Å²) in [4.78, 5) is 13.6. The lowest BCUT2D eigenvalue weighted by atomic mass is 9.96. The van der Waals surface area contributed by atoms with Crippen LogP contribution in [-0.4, -0.2) is 28.5 Å². The van der Waals surface area contributed by atoms with E-state index in [0.29, 0.717) is 5.15 Å². The van der Waals surface area contributed by atoms with E-state index in [1.54, 1.807) is 11.3 Å². The van der Waals surface area contributed by atoms with Crippen LogP contribution in [0.3, 0.4) is 0 Å². The minimum atomic E-state index is 0.263. The van der Waals surface area contributed by atoms with Gasteiger partial charge in [-0.25, -0.2) is 9.97 Å². The van der Waals surface area contributed by atoms with Crippen LogP contribution in [0.1, 0.15) is 37.0 Å². The lowest BCUT2D eigenvalue weighted by molar-refractivity contribution is 0.217. The average molecular weight is 312 g/mol. The molecular formula is C15H22ClN3S. The van der Waals surface area contributed by atoms with E-state index in [9.17, 15) is 0 Å². The van der Waals surface area contributed by atoms with Crippen LogP contribution in [0.25, 0.3) is 10.2 Å². The fourth-order valence-electron chi connectivity index (χ4n) is 2.42. The van der Waals surface area contributed by atoms with Gasteiger partial charge in [-0.3, -0.25) is 4.90 Å². The molecular weight excluding hydrogens is 290 g/mol. The zero-order valence-electron chi connectivity index (χ0n) is 13.0. The number of rotatable bonds is 3. The Morgan fingerprint density at radius 2 is 1.85 bits per heavy atom. The molecule has 0 spiro atoms. The van der Waals surface area contributed by atoms with E-state index < -0.39 is 0 Å². The normalized spacial score (nSPS) is 12.6. The van der Waals surface area contributed by atoms with Crippen LogP contribution >= 0.6 is 22.9 Å². The van der Waals surface area contributed by atoms with Crippen molar-refractivity contribution in [3.05, 3.63) is 21.4 Å². The first-order valence-corrected chi connectivity index (χ1v) is 7.97. The highest BCUT2D eigenvalue weighted by Gasteiger charge is 2.17. The van der Waals surface area contributed by atoms with Gasteiger partial charge in [-0.05, 0) is 31.9 Å². The number of aromatic nitrogens is 2. The smallest absolute Gasteiger partial charge is 0.145 e. The number of hydrogen-bond acceptors (Lipinski definition) is 4. The molecule has 0 unspecified atom stereocenters. The highest BCUT2D eigenvalue weighted by Crippen LogP contribution is 2.33. The Kier molecular flexibility index (Phi) is 4.38. The fraction of sp³-hybridized carbons (Fsp3) is 0.600. The van der Waals surface area contributed by atoms with Gasteiger partial charge >= 0.3 is 0 Å². The Labute approximate surface area is 130 Å². The maximum atomic E-state index is 6.33. The standard InChI is InChI=1S/C15H22ClN3S/c1-9-10(2)20-14-12(9)13(16)17-11(18-14)7-19(6)8-15(3,4)5/h7-8H2,1-6H3. The van der Waals surface area contributed by atoms with E-state index >= 15 is 0 Å². The highest BCUT2D eigenvalue weighted by atomic mass is 35.5. The molecule has 3 nitrogen and oxygen atoms in total. The average Bonchev–Trinajstić information content (AvgIpc) is 2.51. The molecule has 0 atom stereocenters. The second-order valence-corrected chi connectivity index (χ2v) is 8.19. The molecule has 0 N–H and O–H groups in total. The molecule has 110 valence electrons. The van der Waals surface area contributed by atoms with Crippen LogP contribution in [0.15, 0.2) is 0 Å². The zero-order valence-corrected chi connectivity index (χ0v) is 14.6. The van der Waals surface area contributed by atoms with Crippen molar-refractivity contribution in [2.45, 2.75) is 41.2 Å². The van der Waals surface area contributed by atoms with E-state index in [1.807, 2.05) is 0 Å². The second-order valence-electron chi connectivity index (χ2n) is 6.63. The number of fused-ring (bicyclic) bond motifs is 1. The number of hydrogen-bond donors (Lipinski definition) is 0. The van der Waals surface area contributed by atoms with Crippen molar-refractivity contribution >= 4 is 33.2 Å². The molecule has 5 heteroatoms. The van der Waals surface area contributed by atoms with E-state index in [2.05, 4.69) is 56.5 Å². The lowest BCUT2D eigenvalue weighted by Crippen LogP contribution is -2.29. The maximum Gasteiger partial charge on any atom is 0.145 e. The summed E-state index contributed by atoms with van der Waals surface area (Å²) in [5, 5.41) is 1.59. The number of aryl methyl sites for hydroxylation is 2. The van der Waals surface area contributed by atoms with E-state index in [-0.39, 0.29) is 5.41 Å². The minimum Gasteiger partial charge on any atom is -0.298 e. The van der Waals surface area contributed by atoms with Crippen molar-refractivity contribution < 1.29 is 0 Å². The summed E-state index contributed by atoms with van der Waals surface area (Å²) in [5.74, 6) is 0.801. The summed E-state index contributed by atoms with van der Waals surface area (Å²) in [6.07, 6.45) is 0. The highest BCUT2D eigenvalue weighted by molar-refractivity contribution is 7.18. The summed E-state index contributed by atoms with van der Waals surface area (Å²) < 4.78 is 0. The third-order valence-electron chi connectivity index (χ3n) is 3.19. The lowest BCUT2D eigenvalue weighted by Gasteiger charge is -2.25. The molecule has 0 amide bonds. The summed E-state index contributed by atoms with van der Waals surface area (Å²) >= 11 is 8.03. The van der Waals surface area contributed by atoms with Crippen LogP contribution in [-0.2, 0) is 6.54 Å². The molecule has 0 aliphatic rings. The first kappa shape index (κ1) is 15.7. The quantitative estimate of drug-likeness (QED) is 0.785. The van der Waals surface area contributed by atoms with Gasteiger partial charge in [0.05, 0.1) is 11.9 Å². The van der Waals surface area contributed by atoms with Crippen LogP contribution in [0.5, 0.6) is 0 Å². The van der Waals surface area contributed by atoms with Gasteiger partial charge in [0, 0.05) is 11.4 Å². The summed E-state index contributed by atoms with van der Waals surface area (Å²) in [6, 6.07) is 0. The molecule has 0 aliphatic heterocycles. The van der Waals surface area contributed by atoms with Crippen LogP contribution < -0.4 is 0 Å². The van der Waals surface area contributed by atoms with Crippen molar-refractivity contribution in [1.82, 2.24) is 14.9 Å². The van der Waals surface area contributed by atoms with Crippen molar-refractivity contribution in [3.8, 4) is 0 Å². The van der Waals surface area contributed by atoms with Gasteiger partial charge in [-0.15, -0.1) is 11.3 Å². The molecule has 20 heavy (non-hydrogen) atoms. The summed E-state index contributed by atoms with van der Waals surface area (Å²) in [7, 11) is 2.09. The molecule has 0 bridgehead atoms. The van der Waals surface area contributed by atoms with Gasteiger partial charge < -0.3 is 0 Å². The number of thiophene rings is 1. The summed E-state index contributed by atoms with van der Waals surface area (Å²) in [5.41, 5.74) is 1.46. The van der Waals surface area contributed by atoms with Crippen LogP contribution in [0.2, 0.25) is 5.15 Å². The Morgan fingerprint density at radius 1 is 1.20 bits per heavy atom. The van der Waals surface area contributed by atoms with E-state index in [1.165, 1.54) is 10.4 Å². The molecule has 2 heterocycles. The zero-order chi connectivity index (χ0) is 15.1. The number of halogens is 1. The van der Waals surface area contributed by atoms with E-state index in [0.717, 1.165) is 29.1 Å². The molecule has 0 aromatic carbocycles. The molecule has 0 saturated carbocycles. The molecule has 2 rings (SSSR count). The molecule has 0 fully saturated rings. The predicted octanol–water partition coefficient (Wildman–Crippen LogP) is 4.44. The molecule has 0 radical (unpaired) electrons. The minimum absolute atomic E-state index is 0.263. The van der Waals surface area contributed by atoms with Gasteiger partial charge in [0.2, 0.25) is 0 Å². The fourth-order valence-corrected chi connectivity index (χ4v) is 3.85. The molecule has 0 aliphatic carbocycles. The Morgan fingerprint density at radius 3 is 2.45 bits per heavy atom. The van der Waals surface area contributed by atoms with Gasteiger partial charge in [-0.2, -0.15) is 0 Å². The Bertz CT molecular complexity index is 628. The van der Waals surface area contributed by atoms with Crippen molar-refractivity contribution in [3.63, 3.8) is 0 Å². The first-order chi connectivity index (χ1) is 9.17. The summed E-state index contributed by atoms with van der Waals surface area (Å²) in [6.45, 7) is 12.6. The third kappa shape index (κ3) is 3.48. The van der Waals surface area contributed by atoms with Gasteiger partial charge in [0.15, 0.2) is 0 Å². The Hall–Kier alpha value is -0.710. The van der Waals surface area contributed by atoms with Gasteiger partial charge in [0.1, 0.15) is 15.8 Å². The maximum absolute atomic E-state index is 6.33. The van der Waals surface area contributed by atoms with Gasteiger partial charge in [-0.1, -0.05) is 32.4 Å². The van der Waals surface area contributed by atoms with Crippen LogP contribution in [0, 0.1) is 19.3 Å². The number of nitrogens with zero attached hydrogens (tertiary/aromatic N) is 3. The SMILES string of the molecule is Cc1sc2nc(CN(C)CC(C)(C)C)nc(Cl)c2c1C. The first-order valence-electron chi connectivity index (χ1n) is 6.78. The van der Waals surface area contributed by atoms with Crippen LogP contribution in [0.4, 0.5) is 0 Å². The van der Waals surface area contributed by atoms with Crippen molar-refractivity contribution in [2.24, 2.45) is 5.41 Å². The van der Waals surface area contributed by atoms with Crippen molar-refractivity contribution in [2.75, 3.05) is 13.6 Å². The van der Waals surface area contributed by atoms with Gasteiger partial charge in [0.25, 0.3) is 0 Å². The second kappa shape index (κ2) is 5.58. The predicted molar refractivity (Wildman–Crippen MR) is 87.7 cm³/mol. The third-order valence-corrected chi connectivity index (χ3v) is 4.56. The monoisotopic (exact) mass is 311 g/mol. The largest absolute Gasteiger partial charge is 0.298 e. The topological polar surface area (TPSA) is 29.0 Å². The van der Waals surface area contributed by atoms with Crippen molar-refractivity contribution in [1.29, 1.82) is 0 Å².